The molecule has 1 aromatic heterocycles. The summed E-state index contributed by atoms with van der Waals surface area (Å²) in [4.78, 5) is 12.6. The first-order valence-corrected chi connectivity index (χ1v) is 10.7. The second-order valence-corrected chi connectivity index (χ2v) is 9.29. The molecule has 0 spiro atoms. The summed E-state index contributed by atoms with van der Waals surface area (Å²) < 4.78 is 30.5. The third-order valence-corrected chi connectivity index (χ3v) is 6.75. The van der Waals surface area contributed by atoms with E-state index in [0.717, 1.165) is 17.0 Å². The lowest BCUT2D eigenvalue weighted by Gasteiger charge is -2.10. The largest absolute Gasteiger partial charge is 0.496 e. The highest BCUT2D eigenvalue weighted by Crippen LogP contribution is 2.28. The number of ketones is 1. The highest BCUT2D eigenvalue weighted by molar-refractivity contribution is 7.91. The van der Waals surface area contributed by atoms with Crippen LogP contribution >= 0.6 is 11.6 Å². The minimum atomic E-state index is -3.00. The number of sulfone groups is 1. The van der Waals surface area contributed by atoms with Crippen LogP contribution in [0.4, 0.5) is 0 Å². The van der Waals surface area contributed by atoms with E-state index < -0.39 is 9.84 Å². The summed E-state index contributed by atoms with van der Waals surface area (Å²) in [5.74, 6) is 0.518. The minimum absolute atomic E-state index is 0.108. The molecular weight excluding hydrogens is 388 g/mol. The standard InChI is InChI=1S/C19H21ClN2O4S/c1-12-16(13(2)22(21-12)15-8-9-27(24,25)11-15)5-6-18(23)17-10-14(20)4-7-19(17)26-3/h4-7,10,15H,8-9,11H2,1-3H3/b6-5+/t15-/m0/s1. The highest BCUT2D eigenvalue weighted by atomic mass is 35.5. The van der Waals surface area contributed by atoms with E-state index in [9.17, 15) is 13.2 Å². The topological polar surface area (TPSA) is 78.3 Å². The minimum Gasteiger partial charge on any atom is -0.496 e. The highest BCUT2D eigenvalue weighted by Gasteiger charge is 2.31. The number of nitrogens with zero attached hydrogens (tertiary/aromatic N) is 2. The van der Waals surface area contributed by atoms with Gasteiger partial charge < -0.3 is 4.74 Å². The van der Waals surface area contributed by atoms with E-state index >= 15 is 0 Å². The van der Waals surface area contributed by atoms with Crippen LogP contribution in [-0.2, 0) is 9.84 Å². The van der Waals surface area contributed by atoms with E-state index in [0.29, 0.717) is 22.8 Å². The summed E-state index contributed by atoms with van der Waals surface area (Å²) in [7, 11) is -1.50. The lowest BCUT2D eigenvalue weighted by Crippen LogP contribution is -2.13. The monoisotopic (exact) mass is 408 g/mol. The number of aromatic nitrogens is 2. The van der Waals surface area contributed by atoms with Gasteiger partial charge in [-0.15, -0.1) is 0 Å². The zero-order valence-electron chi connectivity index (χ0n) is 15.4. The third-order valence-electron chi connectivity index (χ3n) is 4.76. The second kappa shape index (κ2) is 7.48. The van der Waals surface area contributed by atoms with Crippen LogP contribution in [-0.4, -0.2) is 42.6 Å². The molecule has 0 unspecified atom stereocenters. The van der Waals surface area contributed by atoms with Crippen LogP contribution in [0.1, 0.15) is 39.8 Å². The molecule has 0 amide bonds. The zero-order chi connectivity index (χ0) is 19.8. The van der Waals surface area contributed by atoms with Crippen molar-refractivity contribution >= 4 is 33.3 Å². The van der Waals surface area contributed by atoms with Gasteiger partial charge in [-0.1, -0.05) is 11.6 Å². The number of carbonyl (C=O) groups excluding carboxylic acids is 1. The Kier molecular flexibility index (Phi) is 5.44. The van der Waals surface area contributed by atoms with Gasteiger partial charge in [0.05, 0.1) is 35.9 Å². The van der Waals surface area contributed by atoms with Crippen molar-refractivity contribution in [3.05, 3.63) is 51.8 Å². The number of hydrogen-bond acceptors (Lipinski definition) is 5. The van der Waals surface area contributed by atoms with Crippen LogP contribution in [0.15, 0.2) is 24.3 Å². The summed E-state index contributed by atoms with van der Waals surface area (Å²) in [6, 6.07) is 4.73. The predicted molar refractivity (Wildman–Crippen MR) is 105 cm³/mol. The van der Waals surface area contributed by atoms with Gasteiger partial charge in [-0.25, -0.2) is 8.42 Å². The Bertz CT molecular complexity index is 1020. The average Bonchev–Trinajstić information content (AvgIpc) is 3.11. The first-order chi connectivity index (χ1) is 12.7. The number of rotatable bonds is 5. The van der Waals surface area contributed by atoms with Crippen LogP contribution in [0.3, 0.4) is 0 Å². The molecular formula is C19H21ClN2O4S. The van der Waals surface area contributed by atoms with Crippen molar-refractivity contribution in [2.45, 2.75) is 26.3 Å². The molecule has 2 heterocycles. The molecule has 27 heavy (non-hydrogen) atoms. The molecule has 1 atom stereocenters. The average molecular weight is 409 g/mol. The SMILES string of the molecule is COc1ccc(Cl)cc1C(=O)/C=C/c1c(C)nn([C@H]2CCS(=O)(=O)C2)c1C. The van der Waals surface area contributed by atoms with Crippen molar-refractivity contribution in [2.24, 2.45) is 0 Å². The molecule has 144 valence electrons. The molecule has 1 aliphatic heterocycles. The molecule has 1 saturated heterocycles. The molecule has 1 fully saturated rings. The van der Waals surface area contributed by atoms with Gasteiger partial charge >= 0.3 is 0 Å². The van der Waals surface area contributed by atoms with Gasteiger partial charge in [0.1, 0.15) is 5.75 Å². The van der Waals surface area contributed by atoms with Gasteiger partial charge in [0.15, 0.2) is 15.6 Å². The number of benzene rings is 1. The molecule has 3 rings (SSSR count). The Morgan fingerprint density at radius 2 is 2.11 bits per heavy atom. The number of hydrogen-bond donors (Lipinski definition) is 0. The quantitative estimate of drug-likeness (QED) is 0.559. The number of carbonyl (C=O) groups is 1. The Morgan fingerprint density at radius 3 is 2.74 bits per heavy atom. The van der Waals surface area contributed by atoms with Gasteiger partial charge in [0.2, 0.25) is 0 Å². The number of ether oxygens (including phenoxy) is 1. The molecule has 0 N–H and O–H groups in total. The molecule has 2 aromatic rings. The van der Waals surface area contributed by atoms with E-state index in [1.807, 2.05) is 13.8 Å². The molecule has 0 radical (unpaired) electrons. The van der Waals surface area contributed by atoms with E-state index in [1.165, 1.54) is 13.2 Å². The third kappa shape index (κ3) is 4.09. The van der Waals surface area contributed by atoms with Gasteiger partial charge in [0.25, 0.3) is 0 Å². The van der Waals surface area contributed by atoms with Crippen LogP contribution < -0.4 is 4.74 Å². The van der Waals surface area contributed by atoms with E-state index in [4.69, 9.17) is 16.3 Å². The van der Waals surface area contributed by atoms with Crippen LogP contribution in [0.25, 0.3) is 6.08 Å². The molecule has 0 bridgehead atoms. The fourth-order valence-corrected chi connectivity index (χ4v) is 5.23. The molecule has 8 heteroatoms. The maximum absolute atomic E-state index is 12.6. The number of allylic oxidation sites excluding steroid dienone is 1. The normalized spacial score (nSPS) is 18.9. The van der Waals surface area contributed by atoms with E-state index in [2.05, 4.69) is 5.10 Å². The van der Waals surface area contributed by atoms with Crippen LogP contribution in [0.2, 0.25) is 5.02 Å². The molecule has 6 nitrogen and oxygen atoms in total. The maximum Gasteiger partial charge on any atom is 0.189 e. The zero-order valence-corrected chi connectivity index (χ0v) is 17.0. The van der Waals surface area contributed by atoms with E-state index in [-0.39, 0.29) is 23.3 Å². The Hall–Kier alpha value is -2.12. The van der Waals surface area contributed by atoms with Gasteiger partial charge in [-0.05, 0) is 50.6 Å². The predicted octanol–water partition coefficient (Wildman–Crippen LogP) is 3.42. The molecule has 0 aliphatic carbocycles. The lowest BCUT2D eigenvalue weighted by molar-refractivity contribution is 0.104. The first kappa shape index (κ1) is 19.6. The number of halogens is 1. The van der Waals surface area contributed by atoms with Gasteiger partial charge in [0, 0.05) is 16.3 Å². The van der Waals surface area contributed by atoms with Crippen LogP contribution in [0.5, 0.6) is 5.75 Å². The Balaban J connectivity index is 1.88. The lowest BCUT2D eigenvalue weighted by atomic mass is 10.1. The van der Waals surface area contributed by atoms with Crippen molar-refractivity contribution in [3.8, 4) is 5.75 Å². The van der Waals surface area contributed by atoms with Crippen molar-refractivity contribution in [3.63, 3.8) is 0 Å². The van der Waals surface area contributed by atoms with Crippen LogP contribution in [0, 0.1) is 13.8 Å². The van der Waals surface area contributed by atoms with Crippen molar-refractivity contribution < 1.29 is 17.9 Å². The fourth-order valence-electron chi connectivity index (χ4n) is 3.36. The van der Waals surface area contributed by atoms with E-state index in [1.54, 1.807) is 29.0 Å². The number of methoxy groups -OCH3 is 1. The fraction of sp³-hybridized carbons (Fsp3) is 0.368. The Labute approximate surface area is 163 Å². The van der Waals surface area contributed by atoms with Crippen molar-refractivity contribution in [1.82, 2.24) is 9.78 Å². The summed E-state index contributed by atoms with van der Waals surface area (Å²) in [6.45, 7) is 3.73. The smallest absolute Gasteiger partial charge is 0.189 e. The maximum atomic E-state index is 12.6. The summed E-state index contributed by atoms with van der Waals surface area (Å²) in [6.07, 6.45) is 3.73. The second-order valence-electron chi connectivity index (χ2n) is 6.63. The molecule has 0 saturated carbocycles. The van der Waals surface area contributed by atoms with Gasteiger partial charge in [-0.2, -0.15) is 5.10 Å². The first-order valence-electron chi connectivity index (χ1n) is 8.54. The molecule has 1 aromatic carbocycles. The Morgan fingerprint density at radius 1 is 1.37 bits per heavy atom. The summed E-state index contributed by atoms with van der Waals surface area (Å²) in [5, 5.41) is 4.95. The van der Waals surface area contributed by atoms with Crippen molar-refractivity contribution in [1.29, 1.82) is 0 Å². The van der Waals surface area contributed by atoms with Crippen molar-refractivity contribution in [2.75, 3.05) is 18.6 Å². The van der Waals surface area contributed by atoms with Gasteiger partial charge in [-0.3, -0.25) is 9.48 Å². The number of aryl methyl sites for hydroxylation is 1. The summed E-state index contributed by atoms with van der Waals surface area (Å²) in [5.41, 5.74) is 2.79. The molecule has 1 aliphatic rings. The summed E-state index contributed by atoms with van der Waals surface area (Å²) >= 11 is 5.99.